The zero-order chi connectivity index (χ0) is 18.0. The van der Waals surface area contributed by atoms with Crippen LogP contribution in [0.15, 0.2) is 29.1 Å². The van der Waals surface area contributed by atoms with Gasteiger partial charge in [-0.15, -0.1) is 0 Å². The molecule has 2 aromatic rings. The first kappa shape index (κ1) is 17.4. The summed E-state index contributed by atoms with van der Waals surface area (Å²) in [6, 6.07) is 7.38. The number of carbonyl (C=O) groups excluding carboxylic acids is 1. The standard InChI is InChI=1S/C19H23N3O3/c1-13-10-15(3)16(11-14(13)2)17-4-5-18(23)22(20-17)12-19(24)21-6-8-25-9-7-21/h4-5,10-11H,6-9,12H2,1-3H3. The summed E-state index contributed by atoms with van der Waals surface area (Å²) in [4.78, 5) is 26.2. The van der Waals surface area contributed by atoms with Gasteiger partial charge < -0.3 is 9.64 Å². The van der Waals surface area contributed by atoms with Gasteiger partial charge in [0.2, 0.25) is 5.91 Å². The van der Waals surface area contributed by atoms with E-state index in [9.17, 15) is 9.59 Å². The molecule has 1 aromatic heterocycles. The Hall–Kier alpha value is -2.47. The van der Waals surface area contributed by atoms with Gasteiger partial charge in [0.15, 0.2) is 0 Å². The molecule has 25 heavy (non-hydrogen) atoms. The Morgan fingerprint density at radius 3 is 2.48 bits per heavy atom. The van der Waals surface area contributed by atoms with Crippen molar-refractivity contribution < 1.29 is 9.53 Å². The molecule has 1 amide bonds. The second kappa shape index (κ2) is 7.19. The maximum absolute atomic E-state index is 12.4. The van der Waals surface area contributed by atoms with Gasteiger partial charge in [-0.2, -0.15) is 5.10 Å². The highest BCUT2D eigenvalue weighted by atomic mass is 16.5. The van der Waals surface area contributed by atoms with Crippen LogP contribution in [0.3, 0.4) is 0 Å². The number of hydrogen-bond acceptors (Lipinski definition) is 4. The number of aryl methyl sites for hydroxylation is 3. The molecule has 0 atom stereocenters. The third-order valence-corrected chi connectivity index (χ3v) is 4.63. The van der Waals surface area contributed by atoms with E-state index in [1.54, 1.807) is 11.0 Å². The summed E-state index contributed by atoms with van der Waals surface area (Å²) < 4.78 is 6.51. The zero-order valence-electron chi connectivity index (χ0n) is 14.9. The summed E-state index contributed by atoms with van der Waals surface area (Å²) >= 11 is 0. The number of carbonyl (C=O) groups is 1. The number of morpholine rings is 1. The minimum Gasteiger partial charge on any atom is -0.378 e. The number of benzene rings is 1. The maximum Gasteiger partial charge on any atom is 0.267 e. The van der Waals surface area contributed by atoms with Crippen molar-refractivity contribution in [1.82, 2.24) is 14.7 Å². The molecule has 0 radical (unpaired) electrons. The van der Waals surface area contributed by atoms with Gasteiger partial charge >= 0.3 is 0 Å². The number of nitrogens with zero attached hydrogens (tertiary/aromatic N) is 3. The second-order valence-corrected chi connectivity index (χ2v) is 6.46. The molecule has 3 rings (SSSR count). The smallest absolute Gasteiger partial charge is 0.267 e. The van der Waals surface area contributed by atoms with E-state index in [1.165, 1.54) is 21.9 Å². The average molecular weight is 341 g/mol. The van der Waals surface area contributed by atoms with Crippen LogP contribution in [0.25, 0.3) is 11.3 Å². The maximum atomic E-state index is 12.4. The number of hydrogen-bond donors (Lipinski definition) is 0. The topological polar surface area (TPSA) is 64.4 Å². The van der Waals surface area contributed by atoms with Crippen LogP contribution in [0.2, 0.25) is 0 Å². The van der Waals surface area contributed by atoms with Crippen LogP contribution in [0, 0.1) is 20.8 Å². The molecular formula is C19H23N3O3. The lowest BCUT2D eigenvalue weighted by atomic mass is 9.99. The SMILES string of the molecule is Cc1cc(C)c(-c2ccc(=O)n(CC(=O)N3CCOCC3)n2)cc1C. The molecule has 0 aliphatic carbocycles. The molecule has 1 saturated heterocycles. The minimum absolute atomic E-state index is 0.0451. The first-order chi connectivity index (χ1) is 12.0. The second-order valence-electron chi connectivity index (χ2n) is 6.46. The van der Waals surface area contributed by atoms with Gasteiger partial charge in [-0.3, -0.25) is 9.59 Å². The molecule has 132 valence electrons. The Morgan fingerprint density at radius 1 is 1.08 bits per heavy atom. The van der Waals surface area contributed by atoms with Crippen molar-refractivity contribution in [2.75, 3.05) is 26.3 Å². The molecular weight excluding hydrogens is 318 g/mol. The van der Waals surface area contributed by atoms with Crippen LogP contribution in [-0.2, 0) is 16.1 Å². The molecule has 0 spiro atoms. The molecule has 2 heterocycles. The predicted octanol–water partition coefficient (Wildman–Crippen LogP) is 1.69. The van der Waals surface area contributed by atoms with Crippen molar-refractivity contribution in [2.24, 2.45) is 0 Å². The molecule has 0 N–H and O–H groups in total. The fourth-order valence-electron chi connectivity index (χ4n) is 2.98. The summed E-state index contributed by atoms with van der Waals surface area (Å²) in [5.41, 5.74) is 4.90. The van der Waals surface area contributed by atoms with Crippen molar-refractivity contribution in [3.05, 3.63) is 51.3 Å². The van der Waals surface area contributed by atoms with Gasteiger partial charge in [-0.1, -0.05) is 6.07 Å². The third-order valence-electron chi connectivity index (χ3n) is 4.63. The van der Waals surface area contributed by atoms with Crippen LogP contribution >= 0.6 is 0 Å². The minimum atomic E-state index is -0.271. The summed E-state index contributed by atoms with van der Waals surface area (Å²) in [5, 5.41) is 4.43. The molecule has 6 nitrogen and oxygen atoms in total. The van der Waals surface area contributed by atoms with E-state index in [2.05, 4.69) is 31.1 Å². The first-order valence-corrected chi connectivity index (χ1v) is 8.47. The lowest BCUT2D eigenvalue weighted by molar-refractivity contribution is -0.136. The van der Waals surface area contributed by atoms with Crippen molar-refractivity contribution in [1.29, 1.82) is 0 Å². The number of amides is 1. The lowest BCUT2D eigenvalue weighted by Crippen LogP contribution is -2.43. The summed E-state index contributed by atoms with van der Waals surface area (Å²) in [6.45, 7) is 8.30. The molecule has 0 unspecified atom stereocenters. The molecule has 1 fully saturated rings. The van der Waals surface area contributed by atoms with Crippen LogP contribution in [0.1, 0.15) is 16.7 Å². The van der Waals surface area contributed by atoms with Crippen LogP contribution < -0.4 is 5.56 Å². The Balaban J connectivity index is 1.89. The van der Waals surface area contributed by atoms with E-state index in [4.69, 9.17) is 4.74 Å². The van der Waals surface area contributed by atoms with Gasteiger partial charge in [0.1, 0.15) is 6.54 Å². The van der Waals surface area contributed by atoms with E-state index >= 15 is 0 Å². The fraction of sp³-hybridized carbons (Fsp3) is 0.421. The molecule has 6 heteroatoms. The normalized spacial score (nSPS) is 14.6. The van der Waals surface area contributed by atoms with E-state index in [0.29, 0.717) is 32.0 Å². The summed E-state index contributed by atoms with van der Waals surface area (Å²) in [6.07, 6.45) is 0. The molecule has 0 saturated carbocycles. The Labute approximate surface area is 147 Å². The third kappa shape index (κ3) is 3.79. The largest absolute Gasteiger partial charge is 0.378 e. The number of aromatic nitrogens is 2. The average Bonchev–Trinajstić information content (AvgIpc) is 2.61. The lowest BCUT2D eigenvalue weighted by Gasteiger charge is -2.26. The molecule has 1 aliphatic heterocycles. The zero-order valence-corrected chi connectivity index (χ0v) is 14.9. The Bertz CT molecular complexity index is 851. The number of rotatable bonds is 3. The van der Waals surface area contributed by atoms with Crippen LogP contribution in [0.4, 0.5) is 0 Å². The monoisotopic (exact) mass is 341 g/mol. The summed E-state index contributed by atoms with van der Waals surface area (Å²) in [5.74, 6) is -0.105. The van der Waals surface area contributed by atoms with Crippen LogP contribution in [0.5, 0.6) is 0 Å². The molecule has 1 aliphatic rings. The van der Waals surface area contributed by atoms with Crippen molar-refractivity contribution in [2.45, 2.75) is 27.3 Å². The van der Waals surface area contributed by atoms with E-state index in [-0.39, 0.29) is 18.0 Å². The van der Waals surface area contributed by atoms with Gasteiger partial charge in [0.05, 0.1) is 18.9 Å². The highest BCUT2D eigenvalue weighted by Crippen LogP contribution is 2.24. The van der Waals surface area contributed by atoms with Crippen molar-refractivity contribution in [3.63, 3.8) is 0 Å². The first-order valence-electron chi connectivity index (χ1n) is 8.47. The predicted molar refractivity (Wildman–Crippen MR) is 95.5 cm³/mol. The van der Waals surface area contributed by atoms with Gasteiger partial charge in [-0.05, 0) is 49.6 Å². The van der Waals surface area contributed by atoms with E-state index in [1.807, 2.05) is 6.92 Å². The highest BCUT2D eigenvalue weighted by molar-refractivity contribution is 5.76. The van der Waals surface area contributed by atoms with Crippen LogP contribution in [-0.4, -0.2) is 46.9 Å². The Kier molecular flexibility index (Phi) is 4.99. The van der Waals surface area contributed by atoms with Gasteiger partial charge in [0.25, 0.3) is 5.56 Å². The summed E-state index contributed by atoms with van der Waals surface area (Å²) in [7, 11) is 0. The van der Waals surface area contributed by atoms with E-state index in [0.717, 1.165) is 11.1 Å². The molecule has 0 bridgehead atoms. The fourth-order valence-corrected chi connectivity index (χ4v) is 2.98. The number of ether oxygens (including phenoxy) is 1. The Morgan fingerprint density at radius 2 is 1.76 bits per heavy atom. The highest BCUT2D eigenvalue weighted by Gasteiger charge is 2.18. The van der Waals surface area contributed by atoms with Gasteiger partial charge in [0, 0.05) is 24.7 Å². The molecule has 1 aromatic carbocycles. The quantitative estimate of drug-likeness (QED) is 0.852. The van der Waals surface area contributed by atoms with Crippen molar-refractivity contribution >= 4 is 5.91 Å². The van der Waals surface area contributed by atoms with E-state index < -0.39 is 0 Å². The van der Waals surface area contributed by atoms with Gasteiger partial charge in [-0.25, -0.2) is 4.68 Å². The van der Waals surface area contributed by atoms with Crippen molar-refractivity contribution in [3.8, 4) is 11.3 Å².